The Balaban J connectivity index is 2.58. The fraction of sp³-hybridized carbons (Fsp3) is 0.375. The lowest BCUT2D eigenvalue weighted by atomic mass is 10.3. The topological polar surface area (TPSA) is 42.2 Å². The molecule has 7 heteroatoms. The third kappa shape index (κ3) is 3.47. The number of hydrogen-bond donors (Lipinski definition) is 1. The summed E-state index contributed by atoms with van der Waals surface area (Å²) in [6, 6.07) is 0.828. The van der Waals surface area contributed by atoms with Crippen LogP contribution in [0.15, 0.2) is 16.7 Å². The molecule has 1 aromatic heterocycles. The Kier molecular flexibility index (Phi) is 3.62. The molecule has 0 radical (unpaired) electrons. The number of rotatable bonds is 3. The molecule has 0 unspecified atom stereocenters. The maximum absolute atomic E-state index is 12.1. The lowest BCUT2D eigenvalue weighted by molar-refractivity contribution is -0.137. The van der Waals surface area contributed by atoms with E-state index in [4.69, 9.17) is 11.6 Å². The number of alkyl halides is 4. The van der Waals surface area contributed by atoms with Crippen LogP contribution in [-0.4, -0.2) is 11.8 Å². The van der Waals surface area contributed by atoms with Crippen molar-refractivity contribution < 1.29 is 22.4 Å². The molecule has 0 aromatic carbocycles. The van der Waals surface area contributed by atoms with Crippen molar-refractivity contribution in [2.24, 2.45) is 0 Å². The largest absolute Gasteiger partial charge is 0.467 e. The molecule has 3 nitrogen and oxygen atoms in total. The predicted molar refractivity (Wildman–Crippen MR) is 46.3 cm³/mol. The van der Waals surface area contributed by atoms with Crippen molar-refractivity contribution in [2.75, 3.05) is 5.88 Å². The maximum atomic E-state index is 12.1. The van der Waals surface area contributed by atoms with E-state index in [9.17, 15) is 18.0 Å². The standard InChI is InChI=1S/C8H7ClF3NO2/c9-2-7(14)13-3-6-1-5(4-15-6)8(10,11)12/h1,4H,2-3H2,(H,13,14). The lowest BCUT2D eigenvalue weighted by Gasteiger charge is -2.00. The Hall–Kier alpha value is -1.17. The van der Waals surface area contributed by atoms with Gasteiger partial charge in [0.1, 0.15) is 17.9 Å². The van der Waals surface area contributed by atoms with Crippen LogP contribution in [0.3, 0.4) is 0 Å². The van der Waals surface area contributed by atoms with E-state index in [1.165, 1.54) is 0 Å². The van der Waals surface area contributed by atoms with Crippen molar-refractivity contribution in [1.29, 1.82) is 0 Å². The average molecular weight is 242 g/mol. The van der Waals surface area contributed by atoms with Crippen LogP contribution in [0.2, 0.25) is 0 Å². The van der Waals surface area contributed by atoms with E-state index >= 15 is 0 Å². The molecule has 1 heterocycles. The fourth-order valence-electron chi connectivity index (χ4n) is 0.855. The zero-order valence-electron chi connectivity index (χ0n) is 7.40. The van der Waals surface area contributed by atoms with Crippen LogP contribution in [0.1, 0.15) is 11.3 Å². The highest BCUT2D eigenvalue weighted by atomic mass is 35.5. The van der Waals surface area contributed by atoms with Gasteiger partial charge >= 0.3 is 6.18 Å². The van der Waals surface area contributed by atoms with E-state index in [-0.39, 0.29) is 18.2 Å². The molecule has 1 rings (SSSR count). The molecule has 0 spiro atoms. The van der Waals surface area contributed by atoms with E-state index in [0.29, 0.717) is 6.26 Å². The minimum atomic E-state index is -4.43. The summed E-state index contributed by atoms with van der Waals surface area (Å²) >= 11 is 5.17. The minimum absolute atomic E-state index is 0.0285. The number of halogens is 4. The molecule has 15 heavy (non-hydrogen) atoms. The smallest absolute Gasteiger partial charge is 0.419 e. The van der Waals surface area contributed by atoms with Gasteiger partial charge in [-0.3, -0.25) is 4.79 Å². The van der Waals surface area contributed by atoms with Gasteiger partial charge in [0.25, 0.3) is 0 Å². The van der Waals surface area contributed by atoms with E-state index < -0.39 is 17.6 Å². The first-order valence-electron chi connectivity index (χ1n) is 3.90. The molecule has 0 saturated heterocycles. The summed E-state index contributed by atoms with van der Waals surface area (Å²) in [5.74, 6) is -0.685. The van der Waals surface area contributed by atoms with Crippen LogP contribution in [0.5, 0.6) is 0 Å². The van der Waals surface area contributed by atoms with Crippen LogP contribution in [0.4, 0.5) is 13.2 Å². The first-order valence-corrected chi connectivity index (χ1v) is 4.44. The second-order valence-electron chi connectivity index (χ2n) is 2.71. The minimum Gasteiger partial charge on any atom is -0.467 e. The normalized spacial score (nSPS) is 11.5. The molecule has 0 aliphatic rings. The van der Waals surface area contributed by atoms with Gasteiger partial charge in [0, 0.05) is 0 Å². The molecular formula is C8H7ClF3NO2. The monoisotopic (exact) mass is 241 g/mol. The van der Waals surface area contributed by atoms with E-state index in [0.717, 1.165) is 6.07 Å². The molecule has 0 saturated carbocycles. The number of carbonyl (C=O) groups excluding carboxylic acids is 1. The van der Waals surface area contributed by atoms with Gasteiger partial charge in [-0.25, -0.2) is 0 Å². The van der Waals surface area contributed by atoms with Crippen LogP contribution >= 0.6 is 11.6 Å². The fourth-order valence-corrected chi connectivity index (χ4v) is 0.949. The summed E-state index contributed by atoms with van der Waals surface area (Å²) < 4.78 is 40.9. The van der Waals surface area contributed by atoms with Crippen molar-refractivity contribution in [2.45, 2.75) is 12.7 Å². The highest BCUT2D eigenvalue weighted by molar-refractivity contribution is 6.27. The van der Waals surface area contributed by atoms with Crippen molar-refractivity contribution in [3.63, 3.8) is 0 Å². The molecule has 0 atom stereocenters. The number of carbonyl (C=O) groups is 1. The second kappa shape index (κ2) is 4.57. The molecule has 1 aromatic rings. The molecule has 0 aliphatic carbocycles. The highest BCUT2D eigenvalue weighted by Gasteiger charge is 2.32. The summed E-state index contributed by atoms with van der Waals surface area (Å²) in [6.45, 7) is -0.109. The van der Waals surface area contributed by atoms with Gasteiger partial charge in [-0.1, -0.05) is 0 Å². The van der Waals surface area contributed by atoms with E-state index in [1.54, 1.807) is 0 Å². The summed E-state index contributed by atoms with van der Waals surface area (Å²) in [5.41, 5.74) is -0.877. The lowest BCUT2D eigenvalue weighted by Crippen LogP contribution is -2.23. The molecule has 84 valence electrons. The number of amides is 1. The zero-order valence-corrected chi connectivity index (χ0v) is 8.15. The van der Waals surface area contributed by atoms with E-state index in [2.05, 4.69) is 9.73 Å². The van der Waals surface area contributed by atoms with Crippen LogP contribution < -0.4 is 5.32 Å². The van der Waals surface area contributed by atoms with Gasteiger partial charge in [0.2, 0.25) is 5.91 Å². The summed E-state index contributed by atoms with van der Waals surface area (Å²) in [4.78, 5) is 10.7. The molecular weight excluding hydrogens is 235 g/mol. The SMILES string of the molecule is O=C(CCl)NCc1cc(C(F)(F)F)co1. The molecule has 1 amide bonds. The quantitative estimate of drug-likeness (QED) is 0.824. The van der Waals surface area contributed by atoms with Gasteiger partial charge in [-0.15, -0.1) is 11.6 Å². The van der Waals surface area contributed by atoms with Crippen LogP contribution in [0.25, 0.3) is 0 Å². The van der Waals surface area contributed by atoms with Crippen LogP contribution in [0, 0.1) is 0 Å². The number of furan rings is 1. The highest BCUT2D eigenvalue weighted by Crippen LogP contribution is 2.30. The van der Waals surface area contributed by atoms with Gasteiger partial charge in [0.15, 0.2) is 0 Å². The summed E-state index contributed by atoms with van der Waals surface area (Å²) in [6.07, 6.45) is -3.83. The average Bonchev–Trinajstić information content (AvgIpc) is 2.61. The third-order valence-electron chi connectivity index (χ3n) is 1.56. The Morgan fingerprint density at radius 3 is 2.67 bits per heavy atom. The zero-order chi connectivity index (χ0) is 11.5. The summed E-state index contributed by atoms with van der Waals surface area (Å²) in [5, 5.41) is 2.28. The molecule has 1 N–H and O–H groups in total. The Morgan fingerprint density at radius 2 is 2.20 bits per heavy atom. The Bertz CT molecular complexity index is 348. The molecule has 0 fully saturated rings. The molecule has 0 bridgehead atoms. The number of hydrogen-bond acceptors (Lipinski definition) is 2. The van der Waals surface area contributed by atoms with Crippen LogP contribution in [-0.2, 0) is 17.5 Å². The first kappa shape index (κ1) is 11.9. The second-order valence-corrected chi connectivity index (χ2v) is 2.98. The van der Waals surface area contributed by atoms with Crippen molar-refractivity contribution in [1.82, 2.24) is 5.32 Å². The molecule has 0 aliphatic heterocycles. The first-order chi connectivity index (χ1) is 6.93. The van der Waals surface area contributed by atoms with Gasteiger partial charge < -0.3 is 9.73 Å². The number of nitrogens with one attached hydrogen (secondary N) is 1. The van der Waals surface area contributed by atoms with Gasteiger partial charge in [-0.05, 0) is 6.07 Å². The maximum Gasteiger partial charge on any atom is 0.419 e. The third-order valence-corrected chi connectivity index (χ3v) is 1.80. The summed E-state index contributed by atoms with van der Waals surface area (Å²) in [7, 11) is 0. The van der Waals surface area contributed by atoms with Crippen molar-refractivity contribution in [3.05, 3.63) is 23.7 Å². The Morgan fingerprint density at radius 1 is 1.53 bits per heavy atom. The van der Waals surface area contributed by atoms with E-state index in [1.807, 2.05) is 0 Å². The van der Waals surface area contributed by atoms with Crippen molar-refractivity contribution >= 4 is 17.5 Å². The van der Waals surface area contributed by atoms with Gasteiger partial charge in [-0.2, -0.15) is 13.2 Å². The van der Waals surface area contributed by atoms with Gasteiger partial charge in [0.05, 0.1) is 12.1 Å². The van der Waals surface area contributed by atoms with Crippen molar-refractivity contribution in [3.8, 4) is 0 Å². The Labute approximate surface area is 88.2 Å². The predicted octanol–water partition coefficient (Wildman–Crippen LogP) is 2.15.